The van der Waals surface area contributed by atoms with Crippen LogP contribution in [0.4, 0.5) is 0 Å². The first kappa shape index (κ1) is 13.2. The van der Waals surface area contributed by atoms with E-state index in [1.165, 1.54) is 12.1 Å². The number of carbonyl (C=O) groups excluding carboxylic acids is 1. The third kappa shape index (κ3) is 1.60. The number of ether oxygens (including phenoxy) is 2. The monoisotopic (exact) mass is 316 g/mol. The van der Waals surface area contributed by atoms with Crippen LogP contribution in [-0.2, 0) is 5.79 Å². The third-order valence-corrected chi connectivity index (χ3v) is 4.47. The highest BCUT2D eigenvalue weighted by molar-refractivity contribution is 6.09. The van der Waals surface area contributed by atoms with Gasteiger partial charge < -0.3 is 14.6 Å². The van der Waals surface area contributed by atoms with Crippen molar-refractivity contribution in [1.82, 2.24) is 0 Å². The van der Waals surface area contributed by atoms with E-state index in [2.05, 4.69) is 0 Å². The quantitative estimate of drug-likeness (QED) is 0.683. The van der Waals surface area contributed by atoms with Crippen LogP contribution in [0.5, 0.6) is 17.2 Å². The molecule has 0 fully saturated rings. The zero-order valence-electron chi connectivity index (χ0n) is 12.5. The van der Waals surface area contributed by atoms with Crippen molar-refractivity contribution in [2.75, 3.05) is 0 Å². The zero-order chi connectivity index (χ0) is 16.3. The number of carbonyl (C=O) groups is 1. The Bertz CT molecular complexity index is 1010. The van der Waals surface area contributed by atoms with Gasteiger partial charge in [0.05, 0.1) is 16.5 Å². The van der Waals surface area contributed by atoms with Gasteiger partial charge >= 0.3 is 0 Å². The van der Waals surface area contributed by atoms with Crippen LogP contribution >= 0.6 is 0 Å². The van der Waals surface area contributed by atoms with Crippen molar-refractivity contribution < 1.29 is 19.4 Å². The SMILES string of the molecule is O=C1C=CC2(Oc3cccc4cccc(c34)O2)c2cccc(O)c21. The molecule has 116 valence electrons. The summed E-state index contributed by atoms with van der Waals surface area (Å²) in [5.74, 6) is -0.237. The van der Waals surface area contributed by atoms with Crippen molar-refractivity contribution in [3.8, 4) is 17.2 Å². The lowest BCUT2D eigenvalue weighted by molar-refractivity contribution is -0.0840. The number of benzene rings is 3. The van der Waals surface area contributed by atoms with Crippen molar-refractivity contribution >= 4 is 16.6 Å². The van der Waals surface area contributed by atoms with Crippen LogP contribution in [0.3, 0.4) is 0 Å². The molecule has 1 spiro atoms. The Balaban J connectivity index is 1.79. The standard InChI is InChI=1S/C20H12O4/c21-14-7-3-6-13-19(14)15(22)10-11-20(13)23-16-8-1-4-12-5-2-9-17(24-20)18(12)16/h1-11,21H. The van der Waals surface area contributed by atoms with E-state index in [1.54, 1.807) is 18.2 Å². The van der Waals surface area contributed by atoms with Crippen molar-refractivity contribution in [3.63, 3.8) is 0 Å². The highest BCUT2D eigenvalue weighted by atomic mass is 16.7. The number of ketones is 1. The molecule has 5 rings (SSSR count). The van der Waals surface area contributed by atoms with E-state index in [-0.39, 0.29) is 17.1 Å². The summed E-state index contributed by atoms with van der Waals surface area (Å²) < 4.78 is 12.4. The van der Waals surface area contributed by atoms with E-state index in [0.717, 1.165) is 10.8 Å². The van der Waals surface area contributed by atoms with E-state index in [9.17, 15) is 9.90 Å². The van der Waals surface area contributed by atoms with Gasteiger partial charge in [-0.15, -0.1) is 0 Å². The molecule has 0 saturated heterocycles. The summed E-state index contributed by atoms with van der Waals surface area (Å²) in [6.45, 7) is 0. The van der Waals surface area contributed by atoms with Crippen LogP contribution in [0.2, 0.25) is 0 Å². The molecule has 1 aliphatic heterocycles. The van der Waals surface area contributed by atoms with Gasteiger partial charge in [-0.1, -0.05) is 30.3 Å². The minimum atomic E-state index is -1.26. The predicted molar refractivity (Wildman–Crippen MR) is 88.5 cm³/mol. The minimum absolute atomic E-state index is 0.0782. The molecular formula is C20H12O4. The molecule has 4 nitrogen and oxygen atoms in total. The Labute approximate surface area is 137 Å². The smallest absolute Gasteiger partial charge is 0.299 e. The third-order valence-electron chi connectivity index (χ3n) is 4.47. The Morgan fingerprint density at radius 2 is 1.54 bits per heavy atom. The molecule has 1 heterocycles. The van der Waals surface area contributed by atoms with Gasteiger partial charge in [-0.05, 0) is 35.7 Å². The molecule has 0 unspecified atom stereocenters. The maximum absolute atomic E-state index is 12.2. The number of fused-ring (bicyclic) bond motifs is 2. The van der Waals surface area contributed by atoms with E-state index in [4.69, 9.17) is 9.47 Å². The Morgan fingerprint density at radius 3 is 2.25 bits per heavy atom. The van der Waals surface area contributed by atoms with Gasteiger partial charge in [-0.3, -0.25) is 4.79 Å². The molecule has 3 aromatic carbocycles. The van der Waals surface area contributed by atoms with Gasteiger partial charge in [0.25, 0.3) is 5.79 Å². The normalized spacial score (nSPS) is 16.6. The number of allylic oxidation sites excluding steroid dienone is 1. The summed E-state index contributed by atoms with van der Waals surface area (Å²) in [4.78, 5) is 12.2. The number of phenolic OH excluding ortho intramolecular Hbond substituents is 1. The molecule has 0 aromatic heterocycles. The molecule has 3 aromatic rings. The molecule has 1 N–H and O–H groups in total. The topological polar surface area (TPSA) is 55.8 Å². The maximum atomic E-state index is 12.2. The molecular weight excluding hydrogens is 304 g/mol. The Morgan fingerprint density at radius 1 is 0.875 bits per heavy atom. The lowest BCUT2D eigenvalue weighted by Gasteiger charge is -2.39. The van der Waals surface area contributed by atoms with Gasteiger partial charge in [0, 0.05) is 6.08 Å². The molecule has 0 atom stereocenters. The number of phenols is 1. The molecule has 4 heteroatoms. The lowest BCUT2D eigenvalue weighted by atomic mass is 9.89. The summed E-state index contributed by atoms with van der Waals surface area (Å²) in [5, 5.41) is 12.0. The molecule has 0 bridgehead atoms. The first-order valence-electron chi connectivity index (χ1n) is 7.64. The van der Waals surface area contributed by atoms with E-state index in [1.807, 2.05) is 36.4 Å². The second-order valence-corrected chi connectivity index (χ2v) is 5.88. The fourth-order valence-electron chi connectivity index (χ4n) is 3.42. The fraction of sp³-hybridized carbons (Fsp3) is 0.0500. The molecule has 0 saturated carbocycles. The fourth-order valence-corrected chi connectivity index (χ4v) is 3.42. The van der Waals surface area contributed by atoms with Crippen molar-refractivity contribution in [2.45, 2.75) is 5.79 Å². The summed E-state index contributed by atoms with van der Waals surface area (Å²) in [5.41, 5.74) is 0.716. The second kappa shape index (κ2) is 4.38. The average molecular weight is 316 g/mol. The number of hydrogen-bond acceptors (Lipinski definition) is 4. The van der Waals surface area contributed by atoms with Crippen LogP contribution in [0, 0.1) is 0 Å². The van der Waals surface area contributed by atoms with Gasteiger partial charge in [0.1, 0.15) is 17.2 Å². The highest BCUT2D eigenvalue weighted by Crippen LogP contribution is 2.48. The first-order valence-corrected chi connectivity index (χ1v) is 7.64. The summed E-state index contributed by atoms with van der Waals surface area (Å²) in [6.07, 6.45) is 2.99. The van der Waals surface area contributed by atoms with Crippen LogP contribution in [0.15, 0.2) is 66.7 Å². The number of aromatic hydroxyl groups is 1. The van der Waals surface area contributed by atoms with E-state index < -0.39 is 5.79 Å². The second-order valence-electron chi connectivity index (χ2n) is 5.88. The van der Waals surface area contributed by atoms with Gasteiger partial charge in [0.2, 0.25) is 0 Å². The van der Waals surface area contributed by atoms with Crippen molar-refractivity contribution in [2.24, 2.45) is 0 Å². The highest BCUT2D eigenvalue weighted by Gasteiger charge is 2.44. The number of hydrogen-bond donors (Lipinski definition) is 1. The van der Waals surface area contributed by atoms with E-state index >= 15 is 0 Å². The maximum Gasteiger partial charge on any atom is 0.299 e. The zero-order valence-corrected chi connectivity index (χ0v) is 12.5. The van der Waals surface area contributed by atoms with Crippen LogP contribution in [0.25, 0.3) is 10.8 Å². The molecule has 0 amide bonds. The number of rotatable bonds is 0. The Kier molecular flexibility index (Phi) is 2.41. The van der Waals surface area contributed by atoms with E-state index in [0.29, 0.717) is 17.1 Å². The van der Waals surface area contributed by atoms with Gasteiger partial charge in [0.15, 0.2) is 5.78 Å². The van der Waals surface area contributed by atoms with Crippen molar-refractivity contribution in [1.29, 1.82) is 0 Å². The minimum Gasteiger partial charge on any atom is -0.507 e. The lowest BCUT2D eigenvalue weighted by Crippen LogP contribution is -2.42. The summed E-state index contributed by atoms with van der Waals surface area (Å²) in [7, 11) is 0. The predicted octanol–water partition coefficient (Wildman–Crippen LogP) is 3.92. The largest absolute Gasteiger partial charge is 0.507 e. The van der Waals surface area contributed by atoms with Crippen molar-refractivity contribution in [3.05, 3.63) is 77.9 Å². The van der Waals surface area contributed by atoms with Gasteiger partial charge in [-0.2, -0.15) is 0 Å². The first-order chi connectivity index (χ1) is 11.7. The average Bonchev–Trinajstić information content (AvgIpc) is 2.59. The van der Waals surface area contributed by atoms with Crippen LogP contribution in [-0.4, -0.2) is 10.9 Å². The molecule has 2 aliphatic rings. The van der Waals surface area contributed by atoms with Crippen LogP contribution in [0.1, 0.15) is 15.9 Å². The Hall–Kier alpha value is -3.27. The molecule has 0 radical (unpaired) electrons. The molecule has 1 aliphatic carbocycles. The molecule has 24 heavy (non-hydrogen) atoms. The van der Waals surface area contributed by atoms with Crippen LogP contribution < -0.4 is 9.47 Å². The summed E-state index contributed by atoms with van der Waals surface area (Å²) >= 11 is 0. The summed E-state index contributed by atoms with van der Waals surface area (Å²) in [6, 6.07) is 16.5. The van der Waals surface area contributed by atoms with Gasteiger partial charge in [-0.25, -0.2) is 0 Å².